The van der Waals surface area contributed by atoms with Gasteiger partial charge in [0.25, 0.3) is 0 Å². The first kappa shape index (κ1) is 17.7. The number of aromatic hydroxyl groups is 1. The summed E-state index contributed by atoms with van der Waals surface area (Å²) >= 11 is 0. The quantitative estimate of drug-likeness (QED) is 0.585. The first-order valence-electron chi connectivity index (χ1n) is 6.40. The van der Waals surface area contributed by atoms with Crippen molar-refractivity contribution < 1.29 is 29.3 Å². The van der Waals surface area contributed by atoms with Gasteiger partial charge in [-0.05, 0) is 36.4 Å². The minimum Gasteiger partial charge on any atom is -0.508 e. The zero-order chi connectivity index (χ0) is 17.4. The summed E-state index contributed by atoms with van der Waals surface area (Å²) in [7, 11) is 0. The fourth-order valence-electron chi connectivity index (χ4n) is 1.52. The molecule has 0 saturated heterocycles. The van der Waals surface area contributed by atoms with Crippen LogP contribution in [0.2, 0.25) is 0 Å². The molecule has 0 aliphatic carbocycles. The number of amides is 1. The second kappa shape index (κ2) is 8.18. The molecule has 0 atom stereocenters. The van der Waals surface area contributed by atoms with Crippen LogP contribution in [0.5, 0.6) is 11.5 Å². The topological polar surface area (TPSA) is 127 Å². The van der Waals surface area contributed by atoms with E-state index in [1.807, 2.05) is 0 Å². The number of aromatic carboxylic acids is 1. The van der Waals surface area contributed by atoms with Crippen molar-refractivity contribution in [3.05, 3.63) is 59.7 Å². The highest BCUT2D eigenvalue weighted by atomic mass is 16.5. The number of nitrogens with two attached hydrogens (primary N) is 1. The van der Waals surface area contributed by atoms with Gasteiger partial charge in [0.1, 0.15) is 11.5 Å². The number of benzene rings is 2. The van der Waals surface area contributed by atoms with Gasteiger partial charge in [-0.1, -0.05) is 12.1 Å². The molecule has 1 amide bonds. The second-order valence-electron chi connectivity index (χ2n) is 4.34. The van der Waals surface area contributed by atoms with E-state index in [1.54, 1.807) is 12.1 Å². The van der Waals surface area contributed by atoms with E-state index in [9.17, 15) is 14.4 Å². The van der Waals surface area contributed by atoms with Gasteiger partial charge in [0.05, 0.1) is 5.56 Å². The van der Waals surface area contributed by atoms with Crippen molar-refractivity contribution in [3.63, 3.8) is 0 Å². The van der Waals surface area contributed by atoms with Crippen molar-refractivity contribution in [2.75, 3.05) is 0 Å². The molecular formula is C16H15NO6. The van der Waals surface area contributed by atoms with Crippen LogP contribution in [0, 0.1) is 0 Å². The second-order valence-corrected chi connectivity index (χ2v) is 4.34. The third kappa shape index (κ3) is 6.30. The molecule has 2 rings (SSSR count). The number of phenolic OH excluding ortho intramolecular Hbond substituents is 1. The zero-order valence-electron chi connectivity index (χ0n) is 12.2. The van der Waals surface area contributed by atoms with Gasteiger partial charge >= 0.3 is 11.9 Å². The summed E-state index contributed by atoms with van der Waals surface area (Å²) in [4.78, 5) is 31.5. The number of carbonyl (C=O) groups excluding carboxylic acids is 2. The van der Waals surface area contributed by atoms with Crippen molar-refractivity contribution in [2.24, 2.45) is 5.73 Å². The van der Waals surface area contributed by atoms with Gasteiger partial charge in [-0.15, -0.1) is 0 Å². The predicted molar refractivity (Wildman–Crippen MR) is 81.3 cm³/mol. The number of rotatable bonds is 3. The summed E-state index contributed by atoms with van der Waals surface area (Å²) in [6.45, 7) is 1.26. The fraction of sp³-hybridized carbons (Fsp3) is 0.0625. The van der Waals surface area contributed by atoms with E-state index < -0.39 is 17.8 Å². The van der Waals surface area contributed by atoms with E-state index in [-0.39, 0.29) is 17.1 Å². The molecule has 120 valence electrons. The number of phenols is 1. The molecule has 2 aromatic rings. The summed E-state index contributed by atoms with van der Waals surface area (Å²) < 4.78 is 4.70. The SMILES string of the molecule is CC(=O)Oc1cccc(C(=O)O)c1.NC(=O)c1cccc(O)c1. The van der Waals surface area contributed by atoms with E-state index in [0.29, 0.717) is 5.56 Å². The number of carboxylic acids is 1. The molecule has 0 aliphatic rings. The Hall–Kier alpha value is -3.35. The van der Waals surface area contributed by atoms with Crippen molar-refractivity contribution in [3.8, 4) is 11.5 Å². The van der Waals surface area contributed by atoms with Crippen LogP contribution >= 0.6 is 0 Å². The number of carboxylic acid groups (broad SMARTS) is 1. The first-order chi connectivity index (χ1) is 10.8. The van der Waals surface area contributed by atoms with E-state index in [1.165, 1.54) is 43.3 Å². The Labute approximate surface area is 131 Å². The van der Waals surface area contributed by atoms with Crippen molar-refractivity contribution in [1.82, 2.24) is 0 Å². The molecule has 0 radical (unpaired) electrons. The summed E-state index contributed by atoms with van der Waals surface area (Å²) in [5.41, 5.74) is 5.35. The Morgan fingerprint density at radius 3 is 2.09 bits per heavy atom. The lowest BCUT2D eigenvalue weighted by Crippen LogP contribution is -2.10. The van der Waals surface area contributed by atoms with Gasteiger partial charge < -0.3 is 20.7 Å². The molecule has 0 unspecified atom stereocenters. The van der Waals surface area contributed by atoms with Crippen LogP contribution in [-0.2, 0) is 4.79 Å². The molecule has 0 heterocycles. The van der Waals surface area contributed by atoms with E-state index >= 15 is 0 Å². The maximum Gasteiger partial charge on any atom is 0.335 e. The lowest BCUT2D eigenvalue weighted by Gasteiger charge is -2.00. The van der Waals surface area contributed by atoms with Crippen LogP contribution in [-0.4, -0.2) is 28.1 Å². The maximum absolute atomic E-state index is 10.5. The van der Waals surface area contributed by atoms with Gasteiger partial charge in [0.15, 0.2) is 0 Å². The number of primary amides is 1. The molecule has 0 spiro atoms. The summed E-state index contributed by atoms with van der Waals surface area (Å²) in [5, 5.41) is 17.5. The number of esters is 1. The molecule has 0 saturated carbocycles. The molecule has 23 heavy (non-hydrogen) atoms. The van der Waals surface area contributed by atoms with Crippen molar-refractivity contribution in [1.29, 1.82) is 0 Å². The van der Waals surface area contributed by atoms with Crippen molar-refractivity contribution >= 4 is 17.8 Å². The average molecular weight is 317 g/mol. The van der Waals surface area contributed by atoms with Crippen LogP contribution in [0.1, 0.15) is 27.6 Å². The molecule has 0 aromatic heterocycles. The smallest absolute Gasteiger partial charge is 0.335 e. The normalized spacial score (nSPS) is 9.26. The van der Waals surface area contributed by atoms with Gasteiger partial charge in [-0.2, -0.15) is 0 Å². The van der Waals surface area contributed by atoms with Crippen molar-refractivity contribution in [2.45, 2.75) is 6.92 Å². The Morgan fingerprint density at radius 1 is 1.00 bits per heavy atom. The Kier molecular flexibility index (Phi) is 6.30. The van der Waals surface area contributed by atoms with Gasteiger partial charge in [-0.3, -0.25) is 9.59 Å². The summed E-state index contributed by atoms with van der Waals surface area (Å²) in [6, 6.07) is 11.7. The predicted octanol–water partition coefficient (Wildman–Crippen LogP) is 1.80. The van der Waals surface area contributed by atoms with Crippen LogP contribution in [0.15, 0.2) is 48.5 Å². The highest BCUT2D eigenvalue weighted by molar-refractivity contribution is 5.93. The molecule has 0 fully saturated rings. The third-order valence-electron chi connectivity index (χ3n) is 2.47. The minimum atomic E-state index is -1.05. The third-order valence-corrected chi connectivity index (χ3v) is 2.47. The number of hydrogen-bond donors (Lipinski definition) is 3. The van der Waals surface area contributed by atoms with Gasteiger partial charge in [-0.25, -0.2) is 4.79 Å². The fourth-order valence-corrected chi connectivity index (χ4v) is 1.52. The standard InChI is InChI=1S/C9H8O4.C7H7NO2/c1-6(10)13-8-4-2-3-7(5-8)9(11)12;8-7(10)5-2-1-3-6(9)4-5/h2-5H,1H3,(H,11,12);1-4,9H,(H2,8,10). The highest BCUT2D eigenvalue weighted by Crippen LogP contribution is 2.13. The number of hydrogen-bond acceptors (Lipinski definition) is 5. The largest absolute Gasteiger partial charge is 0.508 e. The average Bonchev–Trinajstić information content (AvgIpc) is 2.47. The van der Waals surface area contributed by atoms with E-state index in [2.05, 4.69) is 0 Å². The van der Waals surface area contributed by atoms with E-state index in [0.717, 1.165) is 0 Å². The lowest BCUT2D eigenvalue weighted by atomic mass is 10.2. The van der Waals surface area contributed by atoms with Crippen LogP contribution in [0.25, 0.3) is 0 Å². The first-order valence-corrected chi connectivity index (χ1v) is 6.40. The Morgan fingerprint density at radius 2 is 1.61 bits per heavy atom. The summed E-state index contributed by atoms with van der Waals surface area (Å²) in [5.74, 6) is -1.75. The monoisotopic (exact) mass is 317 g/mol. The Balaban J connectivity index is 0.000000238. The molecular weight excluding hydrogens is 302 g/mol. The zero-order valence-corrected chi connectivity index (χ0v) is 12.2. The highest BCUT2D eigenvalue weighted by Gasteiger charge is 2.04. The molecule has 0 bridgehead atoms. The van der Waals surface area contributed by atoms with Crippen LogP contribution < -0.4 is 10.5 Å². The molecule has 0 aliphatic heterocycles. The number of carbonyl (C=O) groups is 3. The van der Waals surface area contributed by atoms with Crippen LogP contribution in [0.4, 0.5) is 0 Å². The Bertz CT molecular complexity index is 726. The van der Waals surface area contributed by atoms with Crippen LogP contribution in [0.3, 0.4) is 0 Å². The summed E-state index contributed by atoms with van der Waals surface area (Å²) in [6.07, 6.45) is 0. The lowest BCUT2D eigenvalue weighted by molar-refractivity contribution is -0.131. The number of ether oxygens (including phenoxy) is 1. The van der Waals surface area contributed by atoms with E-state index in [4.69, 9.17) is 20.7 Å². The van der Waals surface area contributed by atoms with Gasteiger partial charge in [0.2, 0.25) is 5.91 Å². The molecule has 4 N–H and O–H groups in total. The molecule has 7 nitrogen and oxygen atoms in total. The molecule has 2 aromatic carbocycles. The molecule has 7 heteroatoms. The minimum absolute atomic E-state index is 0.0521. The maximum atomic E-state index is 10.5. The van der Waals surface area contributed by atoms with Gasteiger partial charge in [0, 0.05) is 12.5 Å².